The van der Waals surface area contributed by atoms with Crippen molar-refractivity contribution in [1.82, 2.24) is 4.98 Å². The van der Waals surface area contributed by atoms with E-state index in [1.165, 1.54) is 23.9 Å². The molecule has 0 saturated heterocycles. The summed E-state index contributed by atoms with van der Waals surface area (Å²) in [5.74, 6) is 0.317. The number of fused-ring (bicyclic) bond motifs is 1. The third-order valence-corrected chi connectivity index (χ3v) is 6.22. The number of hydrogen-bond donors (Lipinski definition) is 1. The predicted molar refractivity (Wildman–Crippen MR) is 115 cm³/mol. The Balaban J connectivity index is 1.43. The van der Waals surface area contributed by atoms with Gasteiger partial charge in [0.1, 0.15) is 10.8 Å². The van der Waals surface area contributed by atoms with Crippen LogP contribution in [0.4, 0.5) is 10.1 Å². The molecule has 1 aromatic heterocycles. The second-order valence-electron chi connectivity index (χ2n) is 6.13. The lowest BCUT2D eigenvalue weighted by molar-refractivity contribution is -0.115. The Morgan fingerprint density at radius 2 is 1.75 bits per heavy atom. The maximum atomic E-state index is 12.9. The second kappa shape index (κ2) is 8.54. The first-order valence-corrected chi connectivity index (χ1v) is 10.6. The van der Waals surface area contributed by atoms with E-state index in [0.29, 0.717) is 12.2 Å². The highest BCUT2D eigenvalue weighted by molar-refractivity contribution is 7.99. The topological polar surface area (TPSA) is 42.0 Å². The highest BCUT2D eigenvalue weighted by Gasteiger charge is 2.12. The van der Waals surface area contributed by atoms with E-state index >= 15 is 0 Å². The average Bonchev–Trinajstić information content (AvgIpc) is 3.14. The fourth-order valence-electron chi connectivity index (χ4n) is 2.77. The van der Waals surface area contributed by atoms with Gasteiger partial charge in [-0.25, -0.2) is 9.37 Å². The lowest BCUT2D eigenvalue weighted by atomic mass is 10.2. The summed E-state index contributed by atoms with van der Waals surface area (Å²) in [5, 5.41) is 3.89. The van der Waals surface area contributed by atoms with Crippen molar-refractivity contribution in [2.45, 2.75) is 11.3 Å². The highest BCUT2D eigenvalue weighted by atomic mass is 32.2. The lowest BCUT2D eigenvalue weighted by Crippen LogP contribution is -2.12. The quantitative estimate of drug-likeness (QED) is 0.385. The number of halogens is 1. The zero-order valence-corrected chi connectivity index (χ0v) is 16.5. The van der Waals surface area contributed by atoms with Crippen molar-refractivity contribution < 1.29 is 9.18 Å². The molecule has 4 aromatic rings. The maximum absolute atomic E-state index is 12.9. The molecule has 1 amide bonds. The summed E-state index contributed by atoms with van der Waals surface area (Å²) in [7, 11) is 0. The van der Waals surface area contributed by atoms with E-state index < -0.39 is 0 Å². The summed E-state index contributed by atoms with van der Waals surface area (Å²) in [6.07, 6.45) is 0.371. The van der Waals surface area contributed by atoms with Crippen molar-refractivity contribution in [3.05, 3.63) is 78.6 Å². The minimum atomic E-state index is -0.256. The Morgan fingerprint density at radius 1 is 1.00 bits per heavy atom. The fraction of sp³-hybridized carbons (Fsp3) is 0.0909. The van der Waals surface area contributed by atoms with Crippen LogP contribution in [0.15, 0.2) is 77.7 Å². The standard InChI is InChI=1S/C22H17FN2OS2/c23-15-9-11-16(12-10-15)27-14-13-21(26)24-18-6-2-1-5-17(18)22-25-19-7-3-4-8-20(19)28-22/h1-12H,13-14H2,(H,24,26). The molecule has 0 aliphatic carbocycles. The van der Waals surface area contributed by atoms with Crippen molar-refractivity contribution in [3.63, 3.8) is 0 Å². The number of rotatable bonds is 6. The van der Waals surface area contributed by atoms with Crippen LogP contribution in [-0.2, 0) is 4.79 Å². The van der Waals surface area contributed by atoms with Crippen molar-refractivity contribution >= 4 is 44.9 Å². The Kier molecular flexibility index (Phi) is 5.69. The number of thiazole rings is 1. The minimum Gasteiger partial charge on any atom is -0.325 e. The van der Waals surface area contributed by atoms with E-state index in [0.717, 1.165) is 31.4 Å². The van der Waals surface area contributed by atoms with Gasteiger partial charge >= 0.3 is 0 Å². The molecule has 28 heavy (non-hydrogen) atoms. The Bertz CT molecular complexity index is 1080. The van der Waals surface area contributed by atoms with Crippen molar-refractivity contribution in [2.75, 3.05) is 11.1 Å². The normalized spacial score (nSPS) is 10.9. The first-order valence-electron chi connectivity index (χ1n) is 8.82. The van der Waals surface area contributed by atoms with Gasteiger partial charge in [0, 0.05) is 22.6 Å². The van der Waals surface area contributed by atoms with Crippen LogP contribution in [0.3, 0.4) is 0 Å². The molecular weight excluding hydrogens is 391 g/mol. The number of anilines is 1. The molecular formula is C22H17FN2OS2. The molecule has 1 heterocycles. The van der Waals surface area contributed by atoms with E-state index in [-0.39, 0.29) is 11.7 Å². The van der Waals surface area contributed by atoms with E-state index in [1.807, 2.05) is 48.5 Å². The van der Waals surface area contributed by atoms with E-state index in [2.05, 4.69) is 5.32 Å². The van der Waals surface area contributed by atoms with Crippen LogP contribution in [0.2, 0.25) is 0 Å². The molecule has 4 rings (SSSR count). The lowest BCUT2D eigenvalue weighted by Gasteiger charge is -2.09. The number of benzene rings is 3. The Morgan fingerprint density at radius 3 is 2.57 bits per heavy atom. The smallest absolute Gasteiger partial charge is 0.225 e. The van der Waals surface area contributed by atoms with Gasteiger partial charge in [0.25, 0.3) is 0 Å². The number of aromatic nitrogens is 1. The Hall–Kier alpha value is -2.70. The number of nitrogens with one attached hydrogen (secondary N) is 1. The van der Waals surface area contributed by atoms with E-state index in [4.69, 9.17) is 4.98 Å². The first-order chi connectivity index (χ1) is 13.7. The van der Waals surface area contributed by atoms with E-state index in [9.17, 15) is 9.18 Å². The number of para-hydroxylation sites is 2. The number of carbonyl (C=O) groups is 1. The molecule has 0 unspecified atom stereocenters. The van der Waals surface area contributed by atoms with Gasteiger partial charge in [-0.2, -0.15) is 0 Å². The molecule has 0 saturated carbocycles. The van der Waals surface area contributed by atoms with Crippen LogP contribution >= 0.6 is 23.1 Å². The summed E-state index contributed by atoms with van der Waals surface area (Å²) in [6, 6.07) is 22.0. The van der Waals surface area contributed by atoms with Gasteiger partial charge < -0.3 is 5.32 Å². The summed E-state index contributed by atoms with van der Waals surface area (Å²) < 4.78 is 14.1. The molecule has 0 aliphatic rings. The van der Waals surface area contributed by atoms with Crippen molar-refractivity contribution in [1.29, 1.82) is 0 Å². The largest absolute Gasteiger partial charge is 0.325 e. The summed E-state index contributed by atoms with van der Waals surface area (Å²) >= 11 is 3.14. The second-order valence-corrected chi connectivity index (χ2v) is 8.33. The van der Waals surface area contributed by atoms with Gasteiger partial charge in [-0.15, -0.1) is 23.1 Å². The first kappa shape index (κ1) is 18.7. The van der Waals surface area contributed by atoms with E-state index in [1.54, 1.807) is 23.5 Å². The van der Waals surface area contributed by atoms with Crippen LogP contribution in [0, 0.1) is 5.82 Å². The minimum absolute atomic E-state index is 0.0526. The third kappa shape index (κ3) is 4.40. The van der Waals surface area contributed by atoms with Gasteiger partial charge in [-0.1, -0.05) is 24.3 Å². The van der Waals surface area contributed by atoms with Crippen LogP contribution in [0.1, 0.15) is 6.42 Å². The summed E-state index contributed by atoms with van der Waals surface area (Å²) in [6.45, 7) is 0. The van der Waals surface area contributed by atoms with Gasteiger partial charge in [0.2, 0.25) is 5.91 Å². The zero-order valence-electron chi connectivity index (χ0n) is 14.9. The van der Waals surface area contributed by atoms with Gasteiger partial charge in [0.05, 0.1) is 15.9 Å². The monoisotopic (exact) mass is 408 g/mol. The molecule has 0 spiro atoms. The van der Waals surface area contributed by atoms with Crippen LogP contribution in [0.25, 0.3) is 20.8 Å². The van der Waals surface area contributed by atoms with Gasteiger partial charge in [-0.3, -0.25) is 4.79 Å². The fourth-order valence-corrected chi connectivity index (χ4v) is 4.63. The van der Waals surface area contributed by atoms with Gasteiger partial charge in [0.15, 0.2) is 0 Å². The maximum Gasteiger partial charge on any atom is 0.225 e. The molecule has 0 atom stereocenters. The average molecular weight is 409 g/mol. The van der Waals surface area contributed by atoms with Crippen LogP contribution in [-0.4, -0.2) is 16.6 Å². The number of thioether (sulfide) groups is 1. The molecule has 3 nitrogen and oxygen atoms in total. The van der Waals surface area contributed by atoms with Crippen LogP contribution in [0.5, 0.6) is 0 Å². The summed E-state index contributed by atoms with van der Waals surface area (Å²) in [4.78, 5) is 18.1. The number of carbonyl (C=O) groups excluding carboxylic acids is 1. The number of nitrogens with zero attached hydrogens (tertiary/aromatic N) is 1. The Labute approximate surface area is 170 Å². The van der Waals surface area contributed by atoms with Crippen LogP contribution < -0.4 is 5.32 Å². The zero-order chi connectivity index (χ0) is 19.3. The number of amides is 1. The van der Waals surface area contributed by atoms with Crippen molar-refractivity contribution in [2.24, 2.45) is 0 Å². The molecule has 140 valence electrons. The molecule has 1 N–H and O–H groups in total. The molecule has 0 fully saturated rings. The predicted octanol–water partition coefficient (Wildman–Crippen LogP) is 6.22. The number of hydrogen-bond acceptors (Lipinski definition) is 4. The molecule has 0 radical (unpaired) electrons. The molecule has 6 heteroatoms. The molecule has 0 aliphatic heterocycles. The molecule has 3 aromatic carbocycles. The SMILES string of the molecule is O=C(CCSc1ccc(F)cc1)Nc1ccccc1-c1nc2ccccc2s1. The molecule has 0 bridgehead atoms. The summed E-state index contributed by atoms with van der Waals surface area (Å²) in [5.41, 5.74) is 2.64. The highest BCUT2D eigenvalue weighted by Crippen LogP contribution is 2.34. The van der Waals surface area contributed by atoms with Crippen molar-refractivity contribution in [3.8, 4) is 10.6 Å². The third-order valence-electron chi connectivity index (χ3n) is 4.14. The van der Waals surface area contributed by atoms with Gasteiger partial charge in [-0.05, 0) is 48.5 Å².